The number of aryl methyl sites for hydroxylation is 1. The van der Waals surface area contributed by atoms with Crippen LogP contribution in [0.15, 0.2) is 42.5 Å². The second kappa shape index (κ2) is 5.03. The van der Waals surface area contributed by atoms with Gasteiger partial charge in [-0.25, -0.2) is 9.50 Å². The Morgan fingerprint density at radius 3 is 2.77 bits per heavy atom. The number of nitrogens with zero attached hydrogens (tertiary/aromatic N) is 3. The summed E-state index contributed by atoms with van der Waals surface area (Å²) in [5.41, 5.74) is 4.30. The molecule has 0 saturated heterocycles. The number of nitrogens with one attached hydrogen (secondary N) is 2. The van der Waals surface area contributed by atoms with Crippen LogP contribution in [-0.4, -0.2) is 19.6 Å². The molecule has 0 aliphatic rings. The fraction of sp³-hybridized carbons (Fsp3) is 0.125. The minimum atomic E-state index is 0.666. The minimum Gasteiger partial charge on any atom is -0.351 e. The predicted molar refractivity (Wildman–Crippen MR) is 88.4 cm³/mol. The fourth-order valence-corrected chi connectivity index (χ4v) is 2.59. The van der Waals surface area contributed by atoms with Gasteiger partial charge >= 0.3 is 0 Å². The van der Waals surface area contributed by atoms with Crippen molar-refractivity contribution in [2.75, 3.05) is 5.32 Å². The summed E-state index contributed by atoms with van der Waals surface area (Å²) >= 11 is 5.88. The summed E-state index contributed by atoms with van der Waals surface area (Å²) in [4.78, 5) is 9.00. The van der Waals surface area contributed by atoms with Crippen LogP contribution in [0.3, 0.4) is 0 Å². The maximum Gasteiger partial charge on any atom is 0.253 e. The number of aromatic nitrogens is 4. The standard InChI is InChI=1S/C16H14ClN5/c1-10-2-7-14-13(8-10)19-16-20-15(21-22(14)16)18-9-11-3-5-12(17)6-4-11/h2-8H,9H2,1H3,(H2,18,19,20,21). The molecule has 110 valence electrons. The second-order valence-corrected chi connectivity index (χ2v) is 5.73. The summed E-state index contributed by atoms with van der Waals surface area (Å²) in [7, 11) is 0. The molecule has 0 spiro atoms. The molecule has 0 aliphatic carbocycles. The van der Waals surface area contributed by atoms with Crippen LogP contribution in [0.2, 0.25) is 5.02 Å². The van der Waals surface area contributed by atoms with Crippen LogP contribution < -0.4 is 5.32 Å². The summed E-state index contributed by atoms with van der Waals surface area (Å²) in [6, 6.07) is 13.9. The lowest BCUT2D eigenvalue weighted by molar-refractivity contribution is 0.987. The Bertz CT molecular complexity index is 952. The van der Waals surface area contributed by atoms with Gasteiger partial charge in [-0.15, -0.1) is 0 Å². The van der Waals surface area contributed by atoms with E-state index in [0.717, 1.165) is 21.6 Å². The molecule has 0 bridgehead atoms. The molecular formula is C16H14ClN5. The monoisotopic (exact) mass is 311 g/mol. The van der Waals surface area contributed by atoms with Crippen molar-refractivity contribution in [2.24, 2.45) is 0 Å². The molecule has 5 nitrogen and oxygen atoms in total. The van der Waals surface area contributed by atoms with Crippen LogP contribution in [0.1, 0.15) is 11.1 Å². The smallest absolute Gasteiger partial charge is 0.253 e. The normalized spacial score (nSPS) is 11.4. The van der Waals surface area contributed by atoms with E-state index in [1.165, 1.54) is 5.56 Å². The van der Waals surface area contributed by atoms with Crippen LogP contribution >= 0.6 is 11.6 Å². The molecule has 2 aromatic heterocycles. The summed E-state index contributed by atoms with van der Waals surface area (Å²) in [6.07, 6.45) is 0. The van der Waals surface area contributed by atoms with Gasteiger partial charge in [0.15, 0.2) is 0 Å². The van der Waals surface area contributed by atoms with Crippen molar-refractivity contribution in [2.45, 2.75) is 13.5 Å². The summed E-state index contributed by atoms with van der Waals surface area (Å²) < 4.78 is 1.89. The summed E-state index contributed by atoms with van der Waals surface area (Å²) in [5, 5.41) is 7.22. The number of anilines is 1. The van der Waals surface area contributed by atoms with Gasteiger partial charge in [-0.2, -0.15) is 4.98 Å². The number of benzene rings is 2. The molecular weight excluding hydrogens is 298 g/mol. The van der Waals surface area contributed by atoms with Crippen molar-refractivity contribution in [3.8, 4) is 0 Å². The van der Waals surface area contributed by atoms with Gasteiger partial charge in [-0.3, -0.25) is 5.10 Å². The Morgan fingerprint density at radius 2 is 1.95 bits per heavy atom. The van der Waals surface area contributed by atoms with E-state index in [0.29, 0.717) is 18.3 Å². The van der Waals surface area contributed by atoms with E-state index in [4.69, 9.17) is 11.6 Å². The molecule has 22 heavy (non-hydrogen) atoms. The summed E-state index contributed by atoms with van der Waals surface area (Å²) in [6.45, 7) is 2.73. The van der Waals surface area contributed by atoms with Crippen LogP contribution in [0, 0.1) is 6.92 Å². The molecule has 2 heterocycles. The van der Waals surface area contributed by atoms with Crippen molar-refractivity contribution in [3.63, 3.8) is 0 Å². The molecule has 0 fully saturated rings. The molecule has 0 amide bonds. The molecule has 4 aromatic rings. The number of hydrogen-bond donors (Lipinski definition) is 2. The number of imidazole rings is 1. The van der Waals surface area contributed by atoms with Gasteiger partial charge in [0.05, 0.1) is 11.0 Å². The average Bonchev–Trinajstić information content (AvgIpc) is 3.03. The zero-order valence-corrected chi connectivity index (χ0v) is 12.7. The van der Waals surface area contributed by atoms with Gasteiger partial charge in [-0.1, -0.05) is 29.8 Å². The quantitative estimate of drug-likeness (QED) is 0.605. The Labute approximate surface area is 131 Å². The van der Waals surface area contributed by atoms with Crippen molar-refractivity contribution in [1.29, 1.82) is 0 Å². The first-order valence-electron chi connectivity index (χ1n) is 7.02. The third-order valence-electron chi connectivity index (χ3n) is 3.59. The largest absolute Gasteiger partial charge is 0.351 e. The lowest BCUT2D eigenvalue weighted by Gasteiger charge is -2.02. The predicted octanol–water partition coefficient (Wildman–Crippen LogP) is 3.78. The van der Waals surface area contributed by atoms with E-state index in [-0.39, 0.29) is 0 Å². The van der Waals surface area contributed by atoms with Crippen LogP contribution in [0.4, 0.5) is 5.95 Å². The lowest BCUT2D eigenvalue weighted by atomic mass is 10.2. The van der Waals surface area contributed by atoms with E-state index in [1.807, 2.05) is 34.8 Å². The van der Waals surface area contributed by atoms with E-state index >= 15 is 0 Å². The zero-order valence-electron chi connectivity index (χ0n) is 12.0. The van der Waals surface area contributed by atoms with Crippen LogP contribution in [-0.2, 0) is 6.54 Å². The maximum absolute atomic E-state index is 5.88. The fourth-order valence-electron chi connectivity index (χ4n) is 2.46. The van der Waals surface area contributed by atoms with E-state index in [1.54, 1.807) is 0 Å². The first kappa shape index (κ1) is 13.2. The highest BCUT2D eigenvalue weighted by Crippen LogP contribution is 2.18. The highest BCUT2D eigenvalue weighted by Gasteiger charge is 2.09. The highest BCUT2D eigenvalue weighted by molar-refractivity contribution is 6.30. The third kappa shape index (κ3) is 2.29. The van der Waals surface area contributed by atoms with Crippen molar-refractivity contribution in [1.82, 2.24) is 19.6 Å². The van der Waals surface area contributed by atoms with Gasteiger partial charge in [-0.05, 0) is 42.3 Å². The van der Waals surface area contributed by atoms with E-state index in [2.05, 4.69) is 39.4 Å². The molecule has 2 N–H and O–H groups in total. The minimum absolute atomic E-state index is 0.666. The average molecular weight is 312 g/mol. The lowest BCUT2D eigenvalue weighted by Crippen LogP contribution is -2.01. The third-order valence-corrected chi connectivity index (χ3v) is 3.85. The van der Waals surface area contributed by atoms with Crippen molar-refractivity contribution in [3.05, 3.63) is 58.6 Å². The molecule has 0 radical (unpaired) electrons. The Balaban J connectivity index is 1.61. The molecule has 2 aromatic carbocycles. The van der Waals surface area contributed by atoms with Gasteiger partial charge in [0.1, 0.15) is 0 Å². The Kier molecular flexibility index (Phi) is 3.01. The number of H-pyrrole nitrogens is 1. The second-order valence-electron chi connectivity index (χ2n) is 5.29. The highest BCUT2D eigenvalue weighted by atomic mass is 35.5. The SMILES string of the molecule is Cc1ccc2c(c1)nc1nc(NCc3ccc(Cl)cc3)[nH]n12. The first-order chi connectivity index (χ1) is 10.7. The number of hydrogen-bond acceptors (Lipinski definition) is 3. The van der Waals surface area contributed by atoms with Gasteiger partial charge < -0.3 is 5.32 Å². The molecule has 0 atom stereocenters. The first-order valence-corrected chi connectivity index (χ1v) is 7.40. The summed E-state index contributed by atoms with van der Waals surface area (Å²) in [5.74, 6) is 1.36. The molecule has 0 unspecified atom stereocenters. The Hall–Kier alpha value is -2.53. The number of halogens is 1. The van der Waals surface area contributed by atoms with Crippen LogP contribution in [0.25, 0.3) is 16.8 Å². The maximum atomic E-state index is 5.88. The van der Waals surface area contributed by atoms with Gasteiger partial charge in [0.2, 0.25) is 5.95 Å². The zero-order chi connectivity index (χ0) is 15.1. The van der Waals surface area contributed by atoms with E-state index in [9.17, 15) is 0 Å². The van der Waals surface area contributed by atoms with E-state index < -0.39 is 0 Å². The Morgan fingerprint density at radius 1 is 1.14 bits per heavy atom. The van der Waals surface area contributed by atoms with Crippen molar-refractivity contribution < 1.29 is 0 Å². The van der Waals surface area contributed by atoms with Crippen molar-refractivity contribution >= 4 is 34.4 Å². The van der Waals surface area contributed by atoms with Gasteiger partial charge in [0, 0.05) is 11.6 Å². The number of aromatic amines is 1. The number of fused-ring (bicyclic) bond motifs is 3. The molecule has 6 heteroatoms. The molecule has 4 rings (SSSR count). The number of rotatable bonds is 3. The topological polar surface area (TPSA) is 58.0 Å². The van der Waals surface area contributed by atoms with Crippen LogP contribution in [0.5, 0.6) is 0 Å². The van der Waals surface area contributed by atoms with Gasteiger partial charge in [0.25, 0.3) is 5.78 Å². The molecule has 0 aliphatic heterocycles. The molecule has 0 saturated carbocycles.